The summed E-state index contributed by atoms with van der Waals surface area (Å²) in [6.07, 6.45) is 1.67. The maximum absolute atomic E-state index is 12.2. The first-order chi connectivity index (χ1) is 11.1. The van der Waals surface area contributed by atoms with Gasteiger partial charge in [-0.05, 0) is 38.4 Å². The second kappa shape index (κ2) is 8.30. The van der Waals surface area contributed by atoms with Gasteiger partial charge in [0, 0.05) is 6.54 Å². The summed E-state index contributed by atoms with van der Waals surface area (Å²) in [5.41, 5.74) is 0.947. The molecular formula is C17H21N3O3. The van der Waals surface area contributed by atoms with Crippen LogP contribution in [0.15, 0.2) is 24.3 Å². The molecule has 0 radical (unpaired) electrons. The fraction of sp³-hybridized carbons (Fsp3) is 0.471. The molecule has 1 fully saturated rings. The van der Waals surface area contributed by atoms with E-state index in [1.165, 1.54) is 0 Å². The lowest BCUT2D eigenvalue weighted by molar-refractivity contribution is -0.150. The minimum absolute atomic E-state index is 0.164. The summed E-state index contributed by atoms with van der Waals surface area (Å²) in [7, 11) is 0. The summed E-state index contributed by atoms with van der Waals surface area (Å²) < 4.78 is 5.06. The van der Waals surface area contributed by atoms with Crippen molar-refractivity contribution in [3.8, 4) is 6.07 Å². The predicted molar refractivity (Wildman–Crippen MR) is 85.6 cm³/mol. The Hall–Kier alpha value is -2.39. The summed E-state index contributed by atoms with van der Waals surface area (Å²) >= 11 is 0. The van der Waals surface area contributed by atoms with Gasteiger partial charge >= 0.3 is 5.97 Å². The van der Waals surface area contributed by atoms with Gasteiger partial charge in [0.1, 0.15) is 6.07 Å². The van der Waals surface area contributed by atoms with E-state index in [9.17, 15) is 9.59 Å². The molecule has 1 amide bonds. The van der Waals surface area contributed by atoms with Crippen molar-refractivity contribution < 1.29 is 14.3 Å². The Bertz CT molecular complexity index is 609. The number of carbonyl (C=O) groups excluding carboxylic acids is 2. The summed E-state index contributed by atoms with van der Waals surface area (Å²) in [4.78, 5) is 25.9. The largest absolute Gasteiger partial charge is 0.466 e. The highest BCUT2D eigenvalue weighted by Gasteiger charge is 2.27. The van der Waals surface area contributed by atoms with Gasteiger partial charge < -0.3 is 10.1 Å². The first kappa shape index (κ1) is 17.0. The Morgan fingerprint density at radius 1 is 1.43 bits per heavy atom. The molecule has 1 atom stereocenters. The third-order valence-electron chi connectivity index (χ3n) is 3.81. The highest BCUT2D eigenvalue weighted by atomic mass is 16.5. The van der Waals surface area contributed by atoms with Gasteiger partial charge in [0.15, 0.2) is 0 Å². The number of piperidine rings is 1. The highest BCUT2D eigenvalue weighted by Crippen LogP contribution is 2.18. The molecule has 1 saturated heterocycles. The number of nitrogens with zero attached hydrogens (tertiary/aromatic N) is 2. The van der Waals surface area contributed by atoms with Crippen molar-refractivity contribution in [2.45, 2.75) is 19.8 Å². The molecule has 1 N–H and O–H groups in total. The molecule has 0 aromatic heterocycles. The zero-order valence-corrected chi connectivity index (χ0v) is 13.2. The number of ether oxygens (including phenoxy) is 1. The smallest absolute Gasteiger partial charge is 0.310 e. The summed E-state index contributed by atoms with van der Waals surface area (Å²) in [6, 6.07) is 8.94. The van der Waals surface area contributed by atoms with Crippen LogP contribution < -0.4 is 5.32 Å². The fourth-order valence-electron chi connectivity index (χ4n) is 2.73. The molecule has 1 aromatic carbocycles. The number of amides is 1. The van der Waals surface area contributed by atoms with Gasteiger partial charge in [-0.3, -0.25) is 14.5 Å². The summed E-state index contributed by atoms with van der Waals surface area (Å²) in [5, 5.41) is 11.8. The summed E-state index contributed by atoms with van der Waals surface area (Å²) in [5.74, 6) is -0.535. The molecule has 1 aromatic rings. The third kappa shape index (κ3) is 4.80. The minimum atomic E-state index is -0.188. The number of anilines is 1. The predicted octanol–water partition coefficient (Wildman–Crippen LogP) is 1.77. The normalized spacial score (nSPS) is 18.0. The molecule has 0 bridgehead atoms. The number of rotatable bonds is 5. The number of benzene rings is 1. The number of hydrogen-bond acceptors (Lipinski definition) is 5. The van der Waals surface area contributed by atoms with Gasteiger partial charge in [0.05, 0.1) is 30.3 Å². The van der Waals surface area contributed by atoms with Crippen LogP contribution in [0, 0.1) is 17.2 Å². The number of likely N-dealkylation sites (tertiary alicyclic amines) is 1. The number of para-hydroxylation sites is 1. The van der Waals surface area contributed by atoms with Crippen molar-refractivity contribution in [2.75, 3.05) is 31.6 Å². The van der Waals surface area contributed by atoms with Crippen LogP contribution in [-0.2, 0) is 14.3 Å². The van der Waals surface area contributed by atoms with Gasteiger partial charge in [0.25, 0.3) is 0 Å². The van der Waals surface area contributed by atoms with Crippen molar-refractivity contribution in [1.82, 2.24) is 4.90 Å². The van der Waals surface area contributed by atoms with E-state index in [0.717, 1.165) is 19.4 Å². The van der Waals surface area contributed by atoms with Gasteiger partial charge in [-0.25, -0.2) is 0 Å². The molecule has 0 aliphatic carbocycles. The average molecular weight is 315 g/mol. The van der Waals surface area contributed by atoms with Crippen molar-refractivity contribution in [2.24, 2.45) is 5.92 Å². The highest BCUT2D eigenvalue weighted by molar-refractivity contribution is 5.93. The van der Waals surface area contributed by atoms with Crippen molar-refractivity contribution >= 4 is 17.6 Å². The fourth-order valence-corrected chi connectivity index (χ4v) is 2.73. The van der Waals surface area contributed by atoms with Crippen LogP contribution in [0.25, 0.3) is 0 Å². The second-order valence-electron chi connectivity index (χ2n) is 5.53. The monoisotopic (exact) mass is 315 g/mol. The molecule has 6 heteroatoms. The van der Waals surface area contributed by atoms with E-state index in [-0.39, 0.29) is 24.3 Å². The maximum Gasteiger partial charge on any atom is 0.310 e. The first-order valence-electron chi connectivity index (χ1n) is 7.82. The van der Waals surface area contributed by atoms with Crippen LogP contribution >= 0.6 is 0 Å². The zero-order chi connectivity index (χ0) is 16.7. The average Bonchev–Trinajstić information content (AvgIpc) is 2.55. The van der Waals surface area contributed by atoms with E-state index >= 15 is 0 Å². The Morgan fingerprint density at radius 2 is 2.22 bits per heavy atom. The molecule has 0 spiro atoms. The molecule has 23 heavy (non-hydrogen) atoms. The lowest BCUT2D eigenvalue weighted by Gasteiger charge is -2.30. The van der Waals surface area contributed by atoms with Crippen LogP contribution in [0.1, 0.15) is 25.3 Å². The number of hydrogen-bond donors (Lipinski definition) is 1. The minimum Gasteiger partial charge on any atom is -0.466 e. The van der Waals surface area contributed by atoms with Gasteiger partial charge in [-0.1, -0.05) is 12.1 Å². The Kier molecular flexibility index (Phi) is 6.12. The Balaban J connectivity index is 1.90. The molecule has 0 saturated carbocycles. The van der Waals surface area contributed by atoms with Gasteiger partial charge in [-0.15, -0.1) is 0 Å². The lowest BCUT2D eigenvalue weighted by Crippen LogP contribution is -2.43. The van der Waals surface area contributed by atoms with E-state index in [0.29, 0.717) is 24.4 Å². The molecule has 1 heterocycles. The summed E-state index contributed by atoms with van der Waals surface area (Å²) in [6.45, 7) is 3.68. The molecule has 1 unspecified atom stereocenters. The lowest BCUT2D eigenvalue weighted by atomic mass is 9.98. The number of carbonyl (C=O) groups is 2. The van der Waals surface area contributed by atoms with Crippen molar-refractivity contribution in [3.63, 3.8) is 0 Å². The molecule has 6 nitrogen and oxygen atoms in total. The second-order valence-corrected chi connectivity index (χ2v) is 5.53. The zero-order valence-electron chi connectivity index (χ0n) is 13.2. The number of nitrogens with one attached hydrogen (secondary N) is 1. The Morgan fingerprint density at radius 3 is 2.96 bits per heavy atom. The van der Waals surface area contributed by atoms with E-state index in [4.69, 9.17) is 10.00 Å². The SMILES string of the molecule is CCOC(=O)C1CCCN(CC(=O)Nc2ccccc2C#N)C1. The molecular weight excluding hydrogens is 294 g/mol. The van der Waals surface area contributed by atoms with Gasteiger partial charge in [0.2, 0.25) is 5.91 Å². The van der Waals surface area contributed by atoms with E-state index in [1.54, 1.807) is 31.2 Å². The van der Waals surface area contributed by atoms with Gasteiger partial charge in [-0.2, -0.15) is 5.26 Å². The Labute approximate surface area is 136 Å². The van der Waals surface area contributed by atoms with Crippen LogP contribution in [-0.4, -0.2) is 43.0 Å². The quantitative estimate of drug-likeness (QED) is 0.837. The standard InChI is InChI=1S/C17H21N3O3/c1-2-23-17(22)14-7-5-9-20(11-14)12-16(21)19-15-8-4-3-6-13(15)10-18/h3-4,6,8,14H,2,5,7,9,11-12H2,1H3,(H,19,21). The topological polar surface area (TPSA) is 82.4 Å². The van der Waals surface area contributed by atoms with Crippen LogP contribution in [0.5, 0.6) is 0 Å². The molecule has 2 rings (SSSR count). The number of esters is 1. The van der Waals surface area contributed by atoms with Crippen molar-refractivity contribution in [1.29, 1.82) is 5.26 Å². The number of nitriles is 1. The molecule has 1 aliphatic heterocycles. The van der Waals surface area contributed by atoms with Crippen LogP contribution in [0.3, 0.4) is 0 Å². The molecule has 1 aliphatic rings. The van der Waals surface area contributed by atoms with Crippen molar-refractivity contribution in [3.05, 3.63) is 29.8 Å². The van der Waals surface area contributed by atoms with E-state index in [1.807, 2.05) is 4.90 Å². The third-order valence-corrected chi connectivity index (χ3v) is 3.81. The van der Waals surface area contributed by atoms with Crippen LogP contribution in [0.2, 0.25) is 0 Å². The molecule has 122 valence electrons. The first-order valence-corrected chi connectivity index (χ1v) is 7.82. The van der Waals surface area contributed by atoms with E-state index < -0.39 is 0 Å². The van der Waals surface area contributed by atoms with E-state index in [2.05, 4.69) is 11.4 Å². The van der Waals surface area contributed by atoms with Crippen LogP contribution in [0.4, 0.5) is 5.69 Å². The maximum atomic E-state index is 12.2.